The van der Waals surface area contributed by atoms with Gasteiger partial charge in [0.15, 0.2) is 0 Å². The molecule has 0 atom stereocenters. The van der Waals surface area contributed by atoms with Crippen LogP contribution >= 0.6 is 0 Å². The maximum atomic E-state index is 12.2. The number of nitrogens with one attached hydrogen (secondary N) is 1. The van der Waals surface area contributed by atoms with E-state index in [2.05, 4.69) is 16.5 Å². The molecule has 3 rings (SSSR count). The smallest absolute Gasteiger partial charge is 0.294 e. The van der Waals surface area contributed by atoms with Crippen molar-refractivity contribution in [1.29, 1.82) is 0 Å². The quantitative estimate of drug-likeness (QED) is 0.676. The van der Waals surface area contributed by atoms with Crippen LogP contribution in [-0.4, -0.2) is 39.7 Å². The molecule has 0 saturated heterocycles. The second kappa shape index (κ2) is 6.13. The molecule has 22 heavy (non-hydrogen) atoms. The molecular formula is C16H17N3O3. The van der Waals surface area contributed by atoms with E-state index in [1.807, 2.05) is 29.2 Å². The molecule has 0 aliphatic heterocycles. The number of para-hydroxylation sites is 1. The molecule has 0 saturated carbocycles. The van der Waals surface area contributed by atoms with Gasteiger partial charge in [0.2, 0.25) is 5.58 Å². The Morgan fingerprint density at radius 1 is 1.41 bits per heavy atom. The number of rotatable bonds is 6. The van der Waals surface area contributed by atoms with E-state index in [1.165, 1.54) is 0 Å². The zero-order chi connectivity index (χ0) is 15.5. The standard InChI is InChI=1S/C16H17N3O3/c1-2-7-19(8-9-20)10-13-17-14-11-5-3-4-6-12(11)22-15(14)16(21)18-13/h2-6,20H,1,7-10H2,(H,17,18,21). The number of hydrogen-bond acceptors (Lipinski definition) is 5. The maximum Gasteiger partial charge on any atom is 0.294 e. The molecule has 0 amide bonds. The van der Waals surface area contributed by atoms with Crippen LogP contribution in [0.2, 0.25) is 0 Å². The Hall–Kier alpha value is -2.44. The van der Waals surface area contributed by atoms with Gasteiger partial charge in [0.05, 0.1) is 13.2 Å². The zero-order valence-corrected chi connectivity index (χ0v) is 12.1. The third kappa shape index (κ3) is 2.66. The SMILES string of the molecule is C=CCN(CCO)Cc1nc2c(oc3ccccc32)c(=O)[nH]1. The first kappa shape index (κ1) is 14.5. The molecule has 3 aromatic rings. The summed E-state index contributed by atoms with van der Waals surface area (Å²) >= 11 is 0. The lowest BCUT2D eigenvalue weighted by Gasteiger charge is -2.18. The first-order valence-corrected chi connectivity index (χ1v) is 7.07. The van der Waals surface area contributed by atoms with Gasteiger partial charge in [-0.2, -0.15) is 0 Å². The molecule has 0 bridgehead atoms. The summed E-state index contributed by atoms with van der Waals surface area (Å²) in [6.07, 6.45) is 1.75. The minimum Gasteiger partial charge on any atom is -0.449 e. The summed E-state index contributed by atoms with van der Waals surface area (Å²) in [5.74, 6) is 0.541. The average Bonchev–Trinajstić information content (AvgIpc) is 2.87. The van der Waals surface area contributed by atoms with Crippen molar-refractivity contribution < 1.29 is 9.52 Å². The third-order valence-corrected chi connectivity index (χ3v) is 3.46. The lowest BCUT2D eigenvalue weighted by Crippen LogP contribution is -2.28. The van der Waals surface area contributed by atoms with Gasteiger partial charge in [-0.25, -0.2) is 4.98 Å². The lowest BCUT2D eigenvalue weighted by molar-refractivity contribution is 0.200. The minimum absolute atomic E-state index is 0.0367. The van der Waals surface area contributed by atoms with Crippen molar-refractivity contribution in [2.24, 2.45) is 0 Å². The molecule has 114 valence electrons. The number of fused-ring (bicyclic) bond motifs is 3. The molecule has 6 nitrogen and oxygen atoms in total. The van der Waals surface area contributed by atoms with Crippen LogP contribution in [0.3, 0.4) is 0 Å². The number of benzene rings is 1. The number of aliphatic hydroxyl groups excluding tert-OH is 1. The van der Waals surface area contributed by atoms with Crippen LogP contribution in [0.5, 0.6) is 0 Å². The van der Waals surface area contributed by atoms with Crippen molar-refractivity contribution in [2.45, 2.75) is 6.54 Å². The Morgan fingerprint density at radius 2 is 2.23 bits per heavy atom. The molecule has 0 radical (unpaired) electrons. The van der Waals surface area contributed by atoms with E-state index in [1.54, 1.807) is 6.08 Å². The van der Waals surface area contributed by atoms with Gasteiger partial charge >= 0.3 is 0 Å². The summed E-state index contributed by atoms with van der Waals surface area (Å²) in [5, 5.41) is 9.91. The molecule has 0 unspecified atom stereocenters. The number of furan rings is 1. The molecule has 6 heteroatoms. The fourth-order valence-corrected chi connectivity index (χ4v) is 2.49. The lowest BCUT2D eigenvalue weighted by atomic mass is 10.2. The Morgan fingerprint density at radius 3 is 3.00 bits per heavy atom. The number of nitrogens with zero attached hydrogens (tertiary/aromatic N) is 2. The van der Waals surface area contributed by atoms with E-state index in [4.69, 9.17) is 9.52 Å². The molecule has 1 aromatic carbocycles. The number of aromatic nitrogens is 2. The van der Waals surface area contributed by atoms with Gasteiger partial charge in [-0.1, -0.05) is 18.2 Å². The van der Waals surface area contributed by atoms with Crippen LogP contribution in [0.25, 0.3) is 22.1 Å². The third-order valence-electron chi connectivity index (χ3n) is 3.46. The Balaban J connectivity index is 2.05. The van der Waals surface area contributed by atoms with Crippen molar-refractivity contribution in [3.8, 4) is 0 Å². The second-order valence-electron chi connectivity index (χ2n) is 5.04. The summed E-state index contributed by atoms with van der Waals surface area (Å²) in [5.41, 5.74) is 1.16. The zero-order valence-electron chi connectivity index (χ0n) is 12.1. The van der Waals surface area contributed by atoms with E-state index in [0.717, 1.165) is 5.39 Å². The van der Waals surface area contributed by atoms with Gasteiger partial charge in [-0.05, 0) is 12.1 Å². The van der Waals surface area contributed by atoms with Crippen molar-refractivity contribution in [1.82, 2.24) is 14.9 Å². The Labute approximate surface area is 126 Å². The van der Waals surface area contributed by atoms with Gasteiger partial charge < -0.3 is 14.5 Å². The number of aliphatic hydroxyl groups is 1. The summed E-state index contributed by atoms with van der Waals surface area (Å²) in [7, 11) is 0. The maximum absolute atomic E-state index is 12.2. The van der Waals surface area contributed by atoms with Gasteiger partial charge in [0.25, 0.3) is 5.56 Å². The van der Waals surface area contributed by atoms with Crippen LogP contribution < -0.4 is 5.56 Å². The predicted molar refractivity (Wildman–Crippen MR) is 84.7 cm³/mol. The molecule has 0 aliphatic rings. The topological polar surface area (TPSA) is 82.4 Å². The normalized spacial score (nSPS) is 11.5. The molecule has 0 fully saturated rings. The molecule has 2 heterocycles. The number of aromatic amines is 1. The minimum atomic E-state index is -0.293. The van der Waals surface area contributed by atoms with Crippen LogP contribution in [0.15, 0.2) is 46.1 Å². The van der Waals surface area contributed by atoms with Gasteiger partial charge in [-0.3, -0.25) is 9.69 Å². The summed E-state index contributed by atoms with van der Waals surface area (Å²) in [6, 6.07) is 7.43. The van der Waals surface area contributed by atoms with Gasteiger partial charge in [0.1, 0.15) is 16.9 Å². The highest BCUT2D eigenvalue weighted by Crippen LogP contribution is 2.24. The second-order valence-corrected chi connectivity index (χ2v) is 5.04. The largest absolute Gasteiger partial charge is 0.449 e. The van der Waals surface area contributed by atoms with Crippen LogP contribution in [-0.2, 0) is 6.54 Å². The highest BCUT2D eigenvalue weighted by atomic mass is 16.3. The van der Waals surface area contributed by atoms with E-state index in [-0.39, 0.29) is 17.7 Å². The molecular weight excluding hydrogens is 282 g/mol. The summed E-state index contributed by atoms with van der Waals surface area (Å²) in [4.78, 5) is 21.4. The molecule has 2 N–H and O–H groups in total. The fraction of sp³-hybridized carbons (Fsp3) is 0.250. The predicted octanol–water partition coefficient (Wildman–Crippen LogP) is 1.65. The monoisotopic (exact) mass is 299 g/mol. The van der Waals surface area contributed by atoms with Crippen molar-refractivity contribution in [2.75, 3.05) is 19.7 Å². The fourth-order valence-electron chi connectivity index (χ4n) is 2.49. The van der Waals surface area contributed by atoms with Crippen LogP contribution in [0, 0.1) is 0 Å². The van der Waals surface area contributed by atoms with Gasteiger partial charge in [-0.15, -0.1) is 6.58 Å². The van der Waals surface area contributed by atoms with Crippen LogP contribution in [0.4, 0.5) is 0 Å². The molecule has 2 aromatic heterocycles. The van der Waals surface area contributed by atoms with E-state index < -0.39 is 0 Å². The van der Waals surface area contributed by atoms with E-state index in [0.29, 0.717) is 36.6 Å². The van der Waals surface area contributed by atoms with Crippen molar-refractivity contribution in [3.05, 3.63) is 53.1 Å². The highest BCUT2D eigenvalue weighted by molar-refractivity contribution is 6.01. The van der Waals surface area contributed by atoms with Crippen molar-refractivity contribution >= 4 is 22.1 Å². The first-order chi connectivity index (χ1) is 10.7. The molecule has 0 aliphatic carbocycles. The van der Waals surface area contributed by atoms with E-state index >= 15 is 0 Å². The summed E-state index contributed by atoms with van der Waals surface area (Å²) < 4.78 is 5.56. The van der Waals surface area contributed by atoms with Gasteiger partial charge in [0, 0.05) is 18.5 Å². The number of hydrogen-bond donors (Lipinski definition) is 2. The average molecular weight is 299 g/mol. The summed E-state index contributed by atoms with van der Waals surface area (Å²) in [6.45, 7) is 5.25. The Bertz CT molecular complexity index is 866. The molecule has 0 spiro atoms. The highest BCUT2D eigenvalue weighted by Gasteiger charge is 2.14. The van der Waals surface area contributed by atoms with E-state index in [9.17, 15) is 4.79 Å². The van der Waals surface area contributed by atoms with Crippen LogP contribution in [0.1, 0.15) is 5.82 Å². The Kier molecular flexibility index (Phi) is 4.04. The van der Waals surface area contributed by atoms with Crippen molar-refractivity contribution in [3.63, 3.8) is 0 Å². The number of H-pyrrole nitrogens is 1. The first-order valence-electron chi connectivity index (χ1n) is 7.07.